The molecule has 0 aliphatic heterocycles. The van der Waals surface area contributed by atoms with Gasteiger partial charge in [-0.1, -0.05) is 76.5 Å². The molecule has 29 heavy (non-hydrogen) atoms. The van der Waals surface area contributed by atoms with Crippen LogP contribution in [0, 0.1) is 0 Å². The van der Waals surface area contributed by atoms with E-state index in [9.17, 15) is 18.1 Å². The van der Waals surface area contributed by atoms with Crippen LogP contribution in [0.1, 0.15) is 70.3 Å². The van der Waals surface area contributed by atoms with E-state index < -0.39 is 10.1 Å². The van der Waals surface area contributed by atoms with Gasteiger partial charge in [0.15, 0.2) is 11.5 Å². The largest absolute Gasteiger partial charge is 0.504 e. The van der Waals surface area contributed by atoms with Gasteiger partial charge in [-0.15, -0.1) is 0 Å². The van der Waals surface area contributed by atoms with Gasteiger partial charge in [0.25, 0.3) is 10.1 Å². The van der Waals surface area contributed by atoms with Crippen molar-refractivity contribution in [2.45, 2.75) is 76.0 Å². The minimum atomic E-state index is -4.31. The molecule has 0 heterocycles. The van der Waals surface area contributed by atoms with Crippen molar-refractivity contribution in [1.82, 2.24) is 0 Å². The van der Waals surface area contributed by atoms with Gasteiger partial charge in [-0.3, -0.25) is 4.55 Å². The summed E-state index contributed by atoms with van der Waals surface area (Å²) in [6, 6.07) is 10.8. The molecule has 0 aliphatic rings. The third-order valence-corrected chi connectivity index (χ3v) is 5.80. The molecule has 0 unspecified atom stereocenters. The molecule has 0 spiro atoms. The summed E-state index contributed by atoms with van der Waals surface area (Å²) >= 11 is 0. The molecule has 2 aromatic rings. The fraction of sp³-hybridized carbons (Fsp3) is 0.478. The summed E-state index contributed by atoms with van der Waals surface area (Å²) in [7, 11) is -4.31. The lowest BCUT2D eigenvalue weighted by molar-refractivity contribution is 0.405. The van der Waals surface area contributed by atoms with Crippen molar-refractivity contribution in [2.75, 3.05) is 0 Å². The number of ether oxygens (including phenoxy) is 1. The Morgan fingerprint density at radius 1 is 0.862 bits per heavy atom. The van der Waals surface area contributed by atoms with Crippen molar-refractivity contribution >= 4 is 10.1 Å². The van der Waals surface area contributed by atoms with E-state index in [-0.39, 0.29) is 16.4 Å². The highest BCUT2D eigenvalue weighted by Gasteiger charge is 2.14. The molecule has 0 saturated carbocycles. The number of hydrogen-bond acceptors (Lipinski definition) is 4. The third-order valence-electron chi connectivity index (χ3n) is 4.95. The average Bonchev–Trinajstić information content (AvgIpc) is 2.68. The van der Waals surface area contributed by atoms with Crippen LogP contribution < -0.4 is 4.74 Å². The topological polar surface area (TPSA) is 83.8 Å². The molecule has 0 aromatic heterocycles. The molecule has 0 saturated heterocycles. The Morgan fingerprint density at radius 3 is 2.14 bits per heavy atom. The SMILES string of the molecule is CCCCCCCCCCCc1cccc(O)c1Oc1cccc(S(=O)(=O)O)c1. The van der Waals surface area contributed by atoms with E-state index in [2.05, 4.69) is 6.92 Å². The fourth-order valence-corrected chi connectivity index (χ4v) is 3.84. The fourth-order valence-electron chi connectivity index (χ4n) is 3.33. The van der Waals surface area contributed by atoms with Crippen LogP contribution in [0.4, 0.5) is 0 Å². The molecule has 6 heteroatoms. The van der Waals surface area contributed by atoms with Crippen LogP contribution in [-0.2, 0) is 16.5 Å². The van der Waals surface area contributed by atoms with Crippen LogP contribution in [0.2, 0.25) is 0 Å². The highest BCUT2D eigenvalue weighted by molar-refractivity contribution is 7.85. The molecule has 0 bridgehead atoms. The van der Waals surface area contributed by atoms with Gasteiger partial charge >= 0.3 is 0 Å². The summed E-state index contributed by atoms with van der Waals surface area (Å²) in [6.45, 7) is 2.23. The summed E-state index contributed by atoms with van der Waals surface area (Å²) in [4.78, 5) is -0.245. The second kappa shape index (κ2) is 11.8. The number of unbranched alkanes of at least 4 members (excludes halogenated alkanes) is 8. The van der Waals surface area contributed by atoms with E-state index in [1.807, 2.05) is 6.07 Å². The molecule has 0 fully saturated rings. The van der Waals surface area contributed by atoms with E-state index in [4.69, 9.17) is 4.74 Å². The molecule has 0 aliphatic carbocycles. The van der Waals surface area contributed by atoms with E-state index >= 15 is 0 Å². The number of aromatic hydroxyl groups is 1. The van der Waals surface area contributed by atoms with Crippen LogP contribution in [0.5, 0.6) is 17.2 Å². The lowest BCUT2D eigenvalue weighted by Gasteiger charge is -2.13. The van der Waals surface area contributed by atoms with Gasteiger partial charge in [0.05, 0.1) is 4.90 Å². The Hall–Kier alpha value is -2.05. The molecular formula is C23H32O5S. The summed E-state index contributed by atoms with van der Waals surface area (Å²) in [5.74, 6) is 0.588. The summed E-state index contributed by atoms with van der Waals surface area (Å²) in [5.41, 5.74) is 0.880. The molecule has 0 radical (unpaired) electrons. The zero-order valence-corrected chi connectivity index (χ0v) is 18.0. The number of hydrogen-bond donors (Lipinski definition) is 2. The first-order valence-electron chi connectivity index (χ1n) is 10.5. The lowest BCUT2D eigenvalue weighted by atomic mass is 10.0. The van der Waals surface area contributed by atoms with Gasteiger partial charge in [-0.05, 0) is 36.6 Å². The number of para-hydroxylation sites is 1. The molecule has 2 N–H and O–H groups in total. The minimum absolute atomic E-state index is 0.00989. The molecule has 2 aromatic carbocycles. The Bertz CT molecular complexity index is 861. The number of benzene rings is 2. The van der Waals surface area contributed by atoms with Crippen LogP contribution in [0.25, 0.3) is 0 Å². The number of phenolic OH excluding ortho intramolecular Hbond substituents is 1. The van der Waals surface area contributed by atoms with Crippen LogP contribution in [-0.4, -0.2) is 18.1 Å². The van der Waals surface area contributed by atoms with Crippen molar-refractivity contribution in [3.63, 3.8) is 0 Å². The van der Waals surface area contributed by atoms with Gasteiger partial charge in [0, 0.05) is 6.07 Å². The maximum absolute atomic E-state index is 11.3. The minimum Gasteiger partial charge on any atom is -0.504 e. The first kappa shape index (κ1) is 23.2. The summed E-state index contributed by atoms with van der Waals surface area (Å²) in [5, 5.41) is 10.2. The highest BCUT2D eigenvalue weighted by atomic mass is 32.2. The molecule has 5 nitrogen and oxygen atoms in total. The predicted octanol–water partition coefficient (Wildman–Crippen LogP) is 6.50. The van der Waals surface area contributed by atoms with Crippen LogP contribution in [0.3, 0.4) is 0 Å². The van der Waals surface area contributed by atoms with Crippen LogP contribution >= 0.6 is 0 Å². The number of phenols is 1. The Kier molecular flexibility index (Phi) is 9.48. The summed E-state index contributed by atoms with van der Waals surface area (Å²) in [6.07, 6.45) is 11.9. The first-order valence-corrected chi connectivity index (χ1v) is 11.9. The molecule has 2 rings (SSSR count). The highest BCUT2D eigenvalue weighted by Crippen LogP contribution is 2.35. The van der Waals surface area contributed by atoms with Crippen LogP contribution in [0.15, 0.2) is 47.4 Å². The van der Waals surface area contributed by atoms with Crippen molar-refractivity contribution in [3.05, 3.63) is 48.0 Å². The number of rotatable bonds is 13. The van der Waals surface area contributed by atoms with Gasteiger partial charge < -0.3 is 9.84 Å². The van der Waals surface area contributed by atoms with E-state index in [1.165, 1.54) is 63.1 Å². The van der Waals surface area contributed by atoms with Gasteiger partial charge in [0.2, 0.25) is 0 Å². The Morgan fingerprint density at radius 2 is 1.48 bits per heavy atom. The van der Waals surface area contributed by atoms with Gasteiger partial charge in [0.1, 0.15) is 5.75 Å². The Labute approximate surface area is 174 Å². The van der Waals surface area contributed by atoms with Crippen molar-refractivity contribution in [1.29, 1.82) is 0 Å². The molecular weight excluding hydrogens is 388 g/mol. The normalized spacial score (nSPS) is 11.5. The second-order valence-corrected chi connectivity index (χ2v) is 8.82. The third kappa shape index (κ3) is 8.07. The Balaban J connectivity index is 1.91. The standard InChI is InChI=1S/C23H32O5S/c1-2-3-4-5-6-7-8-9-10-13-19-14-11-17-22(24)23(19)28-20-15-12-16-21(18-20)29(25,26)27/h11-12,14-18,24H,2-10,13H2,1H3,(H,25,26,27). The van der Waals surface area contributed by atoms with E-state index in [1.54, 1.807) is 18.2 Å². The second-order valence-electron chi connectivity index (χ2n) is 7.40. The van der Waals surface area contributed by atoms with Crippen molar-refractivity contribution < 1.29 is 22.8 Å². The van der Waals surface area contributed by atoms with Gasteiger partial charge in [-0.2, -0.15) is 8.42 Å². The monoisotopic (exact) mass is 420 g/mol. The average molecular weight is 421 g/mol. The van der Waals surface area contributed by atoms with E-state index in [0.717, 1.165) is 24.8 Å². The maximum atomic E-state index is 11.3. The maximum Gasteiger partial charge on any atom is 0.294 e. The molecule has 160 valence electrons. The summed E-state index contributed by atoms with van der Waals surface area (Å²) < 4.78 is 37.6. The van der Waals surface area contributed by atoms with E-state index in [0.29, 0.717) is 5.75 Å². The molecule has 0 amide bonds. The lowest BCUT2D eigenvalue weighted by Crippen LogP contribution is -1.99. The zero-order valence-electron chi connectivity index (χ0n) is 17.1. The zero-order chi connectivity index (χ0) is 21.1. The number of aryl methyl sites for hydroxylation is 1. The van der Waals surface area contributed by atoms with Crippen molar-refractivity contribution in [2.24, 2.45) is 0 Å². The first-order chi connectivity index (χ1) is 13.9. The molecule has 0 atom stereocenters. The quantitative estimate of drug-likeness (QED) is 0.285. The van der Waals surface area contributed by atoms with Crippen molar-refractivity contribution in [3.8, 4) is 17.2 Å². The predicted molar refractivity (Wildman–Crippen MR) is 115 cm³/mol. The smallest absolute Gasteiger partial charge is 0.294 e. The van der Waals surface area contributed by atoms with Gasteiger partial charge in [-0.25, -0.2) is 0 Å².